The summed E-state index contributed by atoms with van der Waals surface area (Å²) >= 11 is 6.03. The standard InChI is InChI=1S/C21H21ClN2O/c1-3-13-23-21(25)19-14-20(16-9-11-17(22)12-10-16)24(15(19)2)18-7-5-4-6-8-18/h4-12,14H,3,13H2,1-2H3,(H,23,25). The second-order valence-electron chi connectivity index (χ2n) is 5.96. The lowest BCUT2D eigenvalue weighted by Crippen LogP contribution is -2.24. The first kappa shape index (κ1) is 17.3. The van der Waals surface area contributed by atoms with Gasteiger partial charge in [0.1, 0.15) is 0 Å². The summed E-state index contributed by atoms with van der Waals surface area (Å²) in [5.74, 6) is -0.0377. The molecule has 1 aromatic heterocycles. The molecule has 1 heterocycles. The number of carbonyl (C=O) groups excluding carboxylic acids is 1. The molecule has 3 nitrogen and oxygen atoms in total. The first-order valence-corrected chi connectivity index (χ1v) is 8.81. The van der Waals surface area contributed by atoms with Gasteiger partial charge in [0.05, 0.1) is 11.3 Å². The van der Waals surface area contributed by atoms with Crippen LogP contribution in [0.1, 0.15) is 29.4 Å². The van der Waals surface area contributed by atoms with Crippen molar-refractivity contribution in [3.8, 4) is 16.9 Å². The average Bonchev–Trinajstić information content (AvgIpc) is 2.98. The van der Waals surface area contributed by atoms with E-state index in [-0.39, 0.29) is 5.91 Å². The predicted molar refractivity (Wildman–Crippen MR) is 104 cm³/mol. The maximum Gasteiger partial charge on any atom is 0.253 e. The number of carbonyl (C=O) groups is 1. The van der Waals surface area contributed by atoms with Crippen LogP contribution in [0.3, 0.4) is 0 Å². The molecular weight excluding hydrogens is 332 g/mol. The number of nitrogens with one attached hydrogen (secondary N) is 1. The SMILES string of the molecule is CCCNC(=O)c1cc(-c2ccc(Cl)cc2)n(-c2ccccc2)c1C. The summed E-state index contributed by atoms with van der Waals surface area (Å²) < 4.78 is 2.12. The number of aromatic nitrogens is 1. The average molecular weight is 353 g/mol. The first-order chi connectivity index (χ1) is 12.1. The fourth-order valence-electron chi connectivity index (χ4n) is 2.91. The van der Waals surface area contributed by atoms with Gasteiger partial charge >= 0.3 is 0 Å². The van der Waals surface area contributed by atoms with Crippen molar-refractivity contribution in [2.24, 2.45) is 0 Å². The van der Waals surface area contributed by atoms with Gasteiger partial charge in [-0.25, -0.2) is 0 Å². The van der Waals surface area contributed by atoms with E-state index in [4.69, 9.17) is 11.6 Å². The zero-order chi connectivity index (χ0) is 17.8. The van der Waals surface area contributed by atoms with Crippen molar-refractivity contribution >= 4 is 17.5 Å². The number of para-hydroxylation sites is 1. The number of halogens is 1. The third-order valence-corrected chi connectivity index (χ3v) is 4.43. The van der Waals surface area contributed by atoms with E-state index >= 15 is 0 Å². The molecule has 0 atom stereocenters. The summed E-state index contributed by atoms with van der Waals surface area (Å²) in [5.41, 5.74) is 4.64. The molecule has 4 heteroatoms. The lowest BCUT2D eigenvalue weighted by molar-refractivity contribution is 0.0953. The molecule has 0 aliphatic rings. The Morgan fingerprint density at radius 3 is 2.40 bits per heavy atom. The van der Waals surface area contributed by atoms with Crippen LogP contribution in [0.15, 0.2) is 60.7 Å². The van der Waals surface area contributed by atoms with Crippen LogP contribution in [-0.4, -0.2) is 17.0 Å². The summed E-state index contributed by atoms with van der Waals surface area (Å²) in [4.78, 5) is 12.6. The fourth-order valence-corrected chi connectivity index (χ4v) is 3.04. The van der Waals surface area contributed by atoms with Gasteiger partial charge in [-0.1, -0.05) is 48.9 Å². The molecule has 1 amide bonds. The Morgan fingerprint density at radius 2 is 1.76 bits per heavy atom. The highest BCUT2D eigenvalue weighted by Gasteiger charge is 2.19. The zero-order valence-corrected chi connectivity index (χ0v) is 15.2. The van der Waals surface area contributed by atoms with E-state index in [1.807, 2.05) is 74.5 Å². The third-order valence-electron chi connectivity index (χ3n) is 4.18. The number of amides is 1. The molecule has 3 rings (SSSR count). The summed E-state index contributed by atoms with van der Waals surface area (Å²) in [6.45, 7) is 4.69. The molecule has 1 N–H and O–H groups in total. The van der Waals surface area contributed by atoms with Crippen LogP contribution in [0.25, 0.3) is 16.9 Å². The lowest BCUT2D eigenvalue weighted by atomic mass is 10.1. The Hall–Kier alpha value is -2.52. The summed E-state index contributed by atoms with van der Waals surface area (Å²) in [6.07, 6.45) is 0.911. The van der Waals surface area contributed by atoms with Crippen LogP contribution in [-0.2, 0) is 0 Å². The number of nitrogens with zero attached hydrogens (tertiary/aromatic N) is 1. The van der Waals surface area contributed by atoms with E-state index in [9.17, 15) is 4.79 Å². The molecule has 0 saturated heterocycles. The van der Waals surface area contributed by atoms with Gasteiger partial charge in [0.2, 0.25) is 0 Å². The molecular formula is C21H21ClN2O. The smallest absolute Gasteiger partial charge is 0.253 e. The van der Waals surface area contributed by atoms with Crippen LogP contribution >= 0.6 is 11.6 Å². The molecule has 0 spiro atoms. The van der Waals surface area contributed by atoms with E-state index in [2.05, 4.69) is 9.88 Å². The summed E-state index contributed by atoms with van der Waals surface area (Å²) in [5, 5.41) is 3.66. The van der Waals surface area contributed by atoms with Crippen LogP contribution in [0.4, 0.5) is 0 Å². The molecule has 0 fully saturated rings. The number of hydrogen-bond donors (Lipinski definition) is 1. The fraction of sp³-hybridized carbons (Fsp3) is 0.190. The van der Waals surface area contributed by atoms with Crippen LogP contribution in [0.5, 0.6) is 0 Å². The highest BCUT2D eigenvalue weighted by Crippen LogP contribution is 2.30. The minimum atomic E-state index is -0.0377. The van der Waals surface area contributed by atoms with Gasteiger partial charge in [0.15, 0.2) is 0 Å². The molecule has 0 unspecified atom stereocenters. The highest BCUT2D eigenvalue weighted by atomic mass is 35.5. The Balaban J connectivity index is 2.15. The minimum Gasteiger partial charge on any atom is -0.352 e. The summed E-state index contributed by atoms with van der Waals surface area (Å²) in [6, 6.07) is 19.7. The third kappa shape index (κ3) is 3.62. The lowest BCUT2D eigenvalue weighted by Gasteiger charge is -2.12. The maximum atomic E-state index is 12.6. The quantitative estimate of drug-likeness (QED) is 0.668. The van der Waals surface area contributed by atoms with Gasteiger partial charge in [0, 0.05) is 22.9 Å². The normalized spacial score (nSPS) is 10.7. The molecule has 2 aromatic carbocycles. The number of benzene rings is 2. The van der Waals surface area contributed by atoms with E-state index in [1.54, 1.807) is 0 Å². The van der Waals surface area contributed by atoms with Crippen LogP contribution < -0.4 is 5.32 Å². The van der Waals surface area contributed by atoms with E-state index in [1.165, 1.54) is 0 Å². The molecule has 3 aromatic rings. The van der Waals surface area contributed by atoms with Gasteiger partial charge in [-0.05, 0) is 49.2 Å². The van der Waals surface area contributed by atoms with Gasteiger partial charge < -0.3 is 9.88 Å². The second-order valence-corrected chi connectivity index (χ2v) is 6.40. The largest absolute Gasteiger partial charge is 0.352 e. The van der Waals surface area contributed by atoms with Gasteiger partial charge in [0.25, 0.3) is 5.91 Å². The van der Waals surface area contributed by atoms with Crippen molar-refractivity contribution in [1.82, 2.24) is 9.88 Å². The maximum absolute atomic E-state index is 12.6. The monoisotopic (exact) mass is 352 g/mol. The van der Waals surface area contributed by atoms with Crippen molar-refractivity contribution in [1.29, 1.82) is 0 Å². The van der Waals surface area contributed by atoms with Crippen molar-refractivity contribution in [3.05, 3.63) is 76.9 Å². The van der Waals surface area contributed by atoms with Crippen molar-refractivity contribution < 1.29 is 4.79 Å². The Kier molecular flexibility index (Phi) is 5.25. The molecule has 0 bridgehead atoms. The van der Waals surface area contributed by atoms with Gasteiger partial charge in [-0.15, -0.1) is 0 Å². The van der Waals surface area contributed by atoms with Crippen LogP contribution in [0, 0.1) is 6.92 Å². The zero-order valence-electron chi connectivity index (χ0n) is 14.4. The predicted octanol–water partition coefficient (Wildman–Crippen LogP) is 5.25. The van der Waals surface area contributed by atoms with E-state index in [0.29, 0.717) is 17.1 Å². The molecule has 0 aliphatic heterocycles. The van der Waals surface area contributed by atoms with Crippen molar-refractivity contribution in [2.75, 3.05) is 6.54 Å². The molecule has 25 heavy (non-hydrogen) atoms. The van der Waals surface area contributed by atoms with Crippen LogP contribution in [0.2, 0.25) is 5.02 Å². The van der Waals surface area contributed by atoms with E-state index < -0.39 is 0 Å². The van der Waals surface area contributed by atoms with Crippen molar-refractivity contribution in [2.45, 2.75) is 20.3 Å². The number of rotatable bonds is 5. The Bertz CT molecular complexity index is 867. The summed E-state index contributed by atoms with van der Waals surface area (Å²) in [7, 11) is 0. The van der Waals surface area contributed by atoms with E-state index in [0.717, 1.165) is 29.1 Å². The molecule has 128 valence electrons. The Labute approximate surface area is 153 Å². The van der Waals surface area contributed by atoms with Crippen molar-refractivity contribution in [3.63, 3.8) is 0 Å². The van der Waals surface area contributed by atoms with Gasteiger partial charge in [-0.3, -0.25) is 4.79 Å². The first-order valence-electron chi connectivity index (χ1n) is 8.43. The molecule has 0 aliphatic carbocycles. The second kappa shape index (κ2) is 7.58. The number of hydrogen-bond acceptors (Lipinski definition) is 1. The van der Waals surface area contributed by atoms with Gasteiger partial charge in [-0.2, -0.15) is 0 Å². The molecule has 0 saturated carbocycles. The highest BCUT2D eigenvalue weighted by molar-refractivity contribution is 6.30. The Morgan fingerprint density at radius 1 is 1.08 bits per heavy atom. The minimum absolute atomic E-state index is 0.0377. The topological polar surface area (TPSA) is 34.0 Å². The molecule has 0 radical (unpaired) electrons.